The Bertz CT molecular complexity index is 472. The highest BCUT2D eigenvalue weighted by Crippen LogP contribution is 2.27. The third-order valence-corrected chi connectivity index (χ3v) is 5.60. The normalized spacial score (nSPS) is 23.0. The largest absolute Gasteiger partial charge is 0.477 e. The van der Waals surface area contributed by atoms with E-state index >= 15 is 0 Å². The van der Waals surface area contributed by atoms with E-state index in [4.69, 9.17) is 5.11 Å². The lowest BCUT2D eigenvalue weighted by molar-refractivity contribution is 0.0702. The van der Waals surface area contributed by atoms with Crippen LogP contribution in [0.15, 0.2) is 12.1 Å². The van der Waals surface area contributed by atoms with Gasteiger partial charge in [-0.25, -0.2) is 4.79 Å². The van der Waals surface area contributed by atoms with Gasteiger partial charge in [-0.15, -0.1) is 11.3 Å². The highest BCUT2D eigenvalue weighted by atomic mass is 32.2. The van der Waals surface area contributed by atoms with E-state index in [1.165, 1.54) is 12.5 Å². The number of amides is 1. The van der Waals surface area contributed by atoms with Crippen LogP contribution in [0.3, 0.4) is 0 Å². The van der Waals surface area contributed by atoms with Crippen LogP contribution in [0.4, 0.5) is 0 Å². The van der Waals surface area contributed by atoms with E-state index < -0.39 is 5.97 Å². The summed E-state index contributed by atoms with van der Waals surface area (Å²) in [4.78, 5) is 23.6. The molecule has 104 valence electrons. The molecule has 19 heavy (non-hydrogen) atoms. The lowest BCUT2D eigenvalue weighted by atomic mass is 9.95. The molecule has 6 heteroatoms. The highest BCUT2D eigenvalue weighted by molar-refractivity contribution is 7.99. The fraction of sp³-hybridized carbons (Fsp3) is 0.538. The van der Waals surface area contributed by atoms with Crippen LogP contribution in [0.2, 0.25) is 0 Å². The molecular weight excluding hydrogens is 282 g/mol. The summed E-state index contributed by atoms with van der Waals surface area (Å²) in [5.41, 5.74) is 0. The quantitative estimate of drug-likeness (QED) is 0.897. The molecule has 0 spiro atoms. The third kappa shape index (κ3) is 3.51. The average Bonchev–Trinajstić information content (AvgIpc) is 2.89. The molecule has 2 unspecified atom stereocenters. The predicted octanol–water partition coefficient (Wildman–Crippen LogP) is 2.85. The Balaban J connectivity index is 2.01. The Kier molecular flexibility index (Phi) is 4.87. The van der Waals surface area contributed by atoms with Crippen molar-refractivity contribution in [2.45, 2.75) is 37.0 Å². The first-order chi connectivity index (χ1) is 9.11. The molecule has 0 bridgehead atoms. The fourth-order valence-corrected chi connectivity index (χ4v) is 4.04. The van der Waals surface area contributed by atoms with E-state index in [1.54, 1.807) is 17.8 Å². The molecule has 2 atom stereocenters. The fourth-order valence-electron chi connectivity index (χ4n) is 2.36. The van der Waals surface area contributed by atoms with Gasteiger partial charge in [-0.2, -0.15) is 11.8 Å². The predicted molar refractivity (Wildman–Crippen MR) is 78.3 cm³/mol. The van der Waals surface area contributed by atoms with Gasteiger partial charge in [0.05, 0.1) is 4.88 Å². The average molecular weight is 299 g/mol. The molecule has 4 nitrogen and oxygen atoms in total. The number of aromatic carboxylic acids is 1. The minimum Gasteiger partial charge on any atom is -0.477 e. The second-order valence-electron chi connectivity index (χ2n) is 4.61. The van der Waals surface area contributed by atoms with E-state index in [0.29, 0.717) is 10.1 Å². The zero-order valence-electron chi connectivity index (χ0n) is 10.7. The second-order valence-corrected chi connectivity index (χ2v) is 6.77. The number of hydrogen-bond donors (Lipinski definition) is 2. The Morgan fingerprint density at radius 1 is 1.32 bits per heavy atom. The zero-order valence-corrected chi connectivity index (χ0v) is 12.4. The van der Waals surface area contributed by atoms with Gasteiger partial charge in [-0.1, -0.05) is 12.8 Å². The van der Waals surface area contributed by atoms with E-state index in [0.717, 1.165) is 30.6 Å². The first kappa shape index (κ1) is 14.4. The lowest BCUT2D eigenvalue weighted by Crippen LogP contribution is -2.43. The molecular formula is C13H17NO3S2. The van der Waals surface area contributed by atoms with Crippen LogP contribution >= 0.6 is 23.1 Å². The minimum absolute atomic E-state index is 0.150. The van der Waals surface area contributed by atoms with Crippen molar-refractivity contribution in [3.63, 3.8) is 0 Å². The minimum atomic E-state index is -0.983. The number of rotatable bonds is 4. The third-order valence-electron chi connectivity index (χ3n) is 3.36. The van der Waals surface area contributed by atoms with E-state index in [2.05, 4.69) is 11.6 Å². The number of carbonyl (C=O) groups is 2. The molecule has 1 saturated carbocycles. The Labute approximate surface area is 120 Å². The van der Waals surface area contributed by atoms with Crippen molar-refractivity contribution in [1.82, 2.24) is 5.32 Å². The second kappa shape index (κ2) is 6.43. The van der Waals surface area contributed by atoms with Crippen LogP contribution in [0.25, 0.3) is 0 Å². The van der Waals surface area contributed by atoms with Crippen molar-refractivity contribution >= 4 is 35.0 Å². The van der Waals surface area contributed by atoms with Crippen molar-refractivity contribution in [2.75, 3.05) is 6.26 Å². The van der Waals surface area contributed by atoms with Crippen LogP contribution < -0.4 is 5.32 Å². The number of carboxylic acid groups (broad SMARTS) is 1. The van der Waals surface area contributed by atoms with Gasteiger partial charge in [0, 0.05) is 11.3 Å². The van der Waals surface area contributed by atoms with Crippen molar-refractivity contribution in [1.29, 1.82) is 0 Å². The van der Waals surface area contributed by atoms with Gasteiger partial charge < -0.3 is 10.4 Å². The summed E-state index contributed by atoms with van der Waals surface area (Å²) in [6.07, 6.45) is 6.58. The summed E-state index contributed by atoms with van der Waals surface area (Å²) in [7, 11) is 0. The summed E-state index contributed by atoms with van der Waals surface area (Å²) in [5, 5.41) is 12.4. The van der Waals surface area contributed by atoms with Gasteiger partial charge in [-0.3, -0.25) is 4.79 Å². The maximum absolute atomic E-state index is 12.1. The summed E-state index contributed by atoms with van der Waals surface area (Å²) in [6, 6.07) is 3.27. The molecule has 1 heterocycles. The molecule has 1 aliphatic rings. The number of thiophene rings is 1. The monoisotopic (exact) mass is 299 g/mol. The van der Waals surface area contributed by atoms with Gasteiger partial charge >= 0.3 is 5.97 Å². The van der Waals surface area contributed by atoms with Gasteiger partial charge in [0.1, 0.15) is 4.88 Å². The lowest BCUT2D eigenvalue weighted by Gasteiger charge is -2.30. The summed E-state index contributed by atoms with van der Waals surface area (Å²) >= 11 is 2.82. The molecule has 1 aliphatic carbocycles. The number of carboxylic acids is 1. The van der Waals surface area contributed by atoms with Crippen LogP contribution in [-0.4, -0.2) is 34.5 Å². The van der Waals surface area contributed by atoms with E-state index in [1.807, 2.05) is 0 Å². The molecule has 0 saturated heterocycles. The number of carbonyl (C=O) groups excluding carboxylic acids is 1. The highest BCUT2D eigenvalue weighted by Gasteiger charge is 2.26. The summed E-state index contributed by atoms with van der Waals surface area (Å²) < 4.78 is 0. The Hall–Kier alpha value is -1.01. The molecule has 1 amide bonds. The van der Waals surface area contributed by atoms with Gasteiger partial charge in [0.2, 0.25) is 0 Å². The topological polar surface area (TPSA) is 66.4 Å². The smallest absolute Gasteiger partial charge is 0.345 e. The van der Waals surface area contributed by atoms with Crippen LogP contribution in [-0.2, 0) is 0 Å². The van der Waals surface area contributed by atoms with Crippen molar-refractivity contribution < 1.29 is 14.7 Å². The van der Waals surface area contributed by atoms with Crippen LogP contribution in [0, 0.1) is 0 Å². The van der Waals surface area contributed by atoms with E-state index in [-0.39, 0.29) is 16.8 Å². The molecule has 0 radical (unpaired) electrons. The molecule has 1 aromatic rings. The number of thioether (sulfide) groups is 1. The molecule has 1 aromatic heterocycles. The molecule has 2 N–H and O–H groups in total. The standard InChI is InChI=1S/C13H17NO3S2/c1-18-9-5-3-2-4-8(9)14-12(15)10-6-7-11(19-10)13(16)17/h6-9H,2-5H2,1H3,(H,14,15)(H,16,17). The summed E-state index contributed by atoms with van der Waals surface area (Å²) in [6.45, 7) is 0. The van der Waals surface area contributed by atoms with Gasteiger partial charge in [0.15, 0.2) is 0 Å². The van der Waals surface area contributed by atoms with Gasteiger partial charge in [0.25, 0.3) is 5.91 Å². The summed E-state index contributed by atoms with van der Waals surface area (Å²) in [5.74, 6) is -1.13. The van der Waals surface area contributed by atoms with Crippen LogP contribution in [0.5, 0.6) is 0 Å². The Morgan fingerprint density at radius 2 is 2.00 bits per heavy atom. The first-order valence-electron chi connectivity index (χ1n) is 6.28. The van der Waals surface area contributed by atoms with Crippen molar-refractivity contribution in [3.05, 3.63) is 21.9 Å². The van der Waals surface area contributed by atoms with Crippen molar-refractivity contribution in [3.8, 4) is 0 Å². The molecule has 0 aromatic carbocycles. The maximum Gasteiger partial charge on any atom is 0.345 e. The zero-order chi connectivity index (χ0) is 13.8. The number of nitrogens with one attached hydrogen (secondary N) is 1. The van der Waals surface area contributed by atoms with E-state index in [9.17, 15) is 9.59 Å². The molecule has 0 aliphatic heterocycles. The Morgan fingerprint density at radius 3 is 2.63 bits per heavy atom. The first-order valence-corrected chi connectivity index (χ1v) is 8.39. The molecule has 1 fully saturated rings. The van der Waals surface area contributed by atoms with Crippen molar-refractivity contribution in [2.24, 2.45) is 0 Å². The molecule has 2 rings (SSSR count). The SMILES string of the molecule is CSC1CCCCC1NC(=O)c1ccc(C(=O)O)s1. The van der Waals surface area contributed by atoms with Gasteiger partial charge in [-0.05, 0) is 31.2 Å². The van der Waals surface area contributed by atoms with Crippen LogP contribution in [0.1, 0.15) is 45.0 Å². The maximum atomic E-state index is 12.1. The number of hydrogen-bond acceptors (Lipinski definition) is 4.